The average Bonchev–Trinajstić information content (AvgIpc) is 3.35. The fourth-order valence-corrected chi connectivity index (χ4v) is 5.92. The molecule has 218 valence electrons. The summed E-state index contributed by atoms with van der Waals surface area (Å²) in [6.07, 6.45) is 3.71. The van der Waals surface area contributed by atoms with Crippen molar-refractivity contribution in [3.63, 3.8) is 0 Å². The van der Waals surface area contributed by atoms with Gasteiger partial charge in [-0.25, -0.2) is 5.06 Å². The topological polar surface area (TPSA) is 104 Å². The van der Waals surface area contributed by atoms with E-state index in [1.165, 1.54) is 5.06 Å². The molecule has 0 unspecified atom stereocenters. The number of nitrogens with zero attached hydrogens (tertiary/aromatic N) is 2. The zero-order valence-electron chi connectivity index (χ0n) is 24.0. The molecule has 1 aliphatic rings. The number of hydrogen-bond donors (Lipinski definition) is 1. The van der Waals surface area contributed by atoms with Crippen molar-refractivity contribution in [2.45, 2.75) is 38.8 Å². The van der Waals surface area contributed by atoms with Crippen molar-refractivity contribution in [2.75, 3.05) is 13.7 Å². The van der Waals surface area contributed by atoms with E-state index in [0.29, 0.717) is 23.1 Å². The summed E-state index contributed by atoms with van der Waals surface area (Å²) in [5.74, 6) is -1.57. The number of carbonyl (C=O) groups excluding carboxylic acids is 3. The number of aromatic nitrogens is 1. The summed E-state index contributed by atoms with van der Waals surface area (Å²) in [4.78, 5) is 44.1. The second kappa shape index (κ2) is 12.1. The molecule has 8 heteroatoms. The number of nitrogens with two attached hydrogens (primary N) is 1. The fourth-order valence-electron chi connectivity index (χ4n) is 5.92. The lowest BCUT2D eigenvalue weighted by atomic mass is 9.88. The minimum Gasteiger partial charge on any atom is -0.483 e. The van der Waals surface area contributed by atoms with Crippen LogP contribution in [0.5, 0.6) is 5.75 Å². The summed E-state index contributed by atoms with van der Waals surface area (Å²) in [6, 6.07) is 27.2. The highest BCUT2D eigenvalue weighted by atomic mass is 16.7. The summed E-state index contributed by atoms with van der Waals surface area (Å²) in [6.45, 7) is 0.538. The zero-order chi connectivity index (χ0) is 29.9. The number of hydroxylamine groups is 2. The lowest BCUT2D eigenvalue weighted by Gasteiger charge is -2.23. The Balaban J connectivity index is 1.46. The van der Waals surface area contributed by atoms with Crippen LogP contribution in [0.25, 0.3) is 21.8 Å². The largest absolute Gasteiger partial charge is 0.483 e. The van der Waals surface area contributed by atoms with Crippen molar-refractivity contribution in [1.82, 2.24) is 9.63 Å². The quantitative estimate of drug-likeness (QED) is 0.137. The molecule has 43 heavy (non-hydrogen) atoms. The summed E-state index contributed by atoms with van der Waals surface area (Å²) in [7, 11) is 1.57. The molecule has 2 N–H and O–H groups in total. The Labute approximate surface area is 249 Å². The minimum atomic E-state index is -1.02. The monoisotopic (exact) mass is 575 g/mol. The summed E-state index contributed by atoms with van der Waals surface area (Å²) in [5, 5.41) is 2.50. The van der Waals surface area contributed by atoms with Crippen molar-refractivity contribution in [2.24, 2.45) is 5.73 Å². The number of carbonyl (C=O) groups is 3. The van der Waals surface area contributed by atoms with Crippen molar-refractivity contribution >= 4 is 39.4 Å². The highest BCUT2D eigenvalue weighted by Crippen LogP contribution is 2.44. The molecule has 0 saturated carbocycles. The molecule has 1 heterocycles. The number of Topliss-reactive ketones (excluding diaryl/α,β-unsaturated/α-hetero) is 1. The number of benzene rings is 4. The SMILES string of the molecule is CN(OCc1ccccc1)C(=O)COc1c2c(cc3c1c1c(C(=O)C(N)=O)cccc1n3Cc1ccccc1)CCCC2. The van der Waals surface area contributed by atoms with Gasteiger partial charge in [-0.2, -0.15) is 0 Å². The first kappa shape index (κ1) is 28.2. The van der Waals surface area contributed by atoms with Crippen LogP contribution in [0.1, 0.15) is 45.5 Å². The molecule has 0 aliphatic heterocycles. The van der Waals surface area contributed by atoms with Gasteiger partial charge < -0.3 is 15.0 Å². The molecule has 2 amide bonds. The predicted octanol–water partition coefficient (Wildman–Crippen LogP) is 5.36. The number of hydrogen-bond acceptors (Lipinski definition) is 5. The van der Waals surface area contributed by atoms with Gasteiger partial charge in [-0.1, -0.05) is 72.8 Å². The maximum Gasteiger partial charge on any atom is 0.289 e. The third kappa shape index (κ3) is 5.61. The maximum atomic E-state index is 13.2. The van der Waals surface area contributed by atoms with Gasteiger partial charge in [0, 0.05) is 24.5 Å². The van der Waals surface area contributed by atoms with Gasteiger partial charge in [0.25, 0.3) is 17.6 Å². The lowest BCUT2D eigenvalue weighted by Crippen LogP contribution is -2.31. The van der Waals surface area contributed by atoms with E-state index in [0.717, 1.165) is 59.0 Å². The molecular weight excluding hydrogens is 542 g/mol. The highest BCUT2D eigenvalue weighted by Gasteiger charge is 2.27. The average molecular weight is 576 g/mol. The molecule has 0 bridgehead atoms. The Hall–Kier alpha value is -4.95. The maximum absolute atomic E-state index is 13.2. The van der Waals surface area contributed by atoms with Gasteiger partial charge in [0.1, 0.15) is 12.4 Å². The third-order valence-electron chi connectivity index (χ3n) is 8.06. The minimum absolute atomic E-state index is 0.220. The van der Waals surface area contributed by atoms with Gasteiger partial charge in [0.2, 0.25) is 0 Å². The van der Waals surface area contributed by atoms with Crippen molar-refractivity contribution in [3.05, 3.63) is 113 Å². The van der Waals surface area contributed by atoms with Crippen molar-refractivity contribution in [3.8, 4) is 5.75 Å². The molecule has 0 spiro atoms. The lowest BCUT2D eigenvalue weighted by molar-refractivity contribution is -0.184. The molecule has 5 aromatic rings. The van der Waals surface area contributed by atoms with Crippen LogP contribution < -0.4 is 10.5 Å². The first-order valence-corrected chi connectivity index (χ1v) is 14.5. The molecule has 0 radical (unpaired) electrons. The van der Waals surface area contributed by atoms with E-state index >= 15 is 0 Å². The van der Waals surface area contributed by atoms with Crippen molar-refractivity contribution in [1.29, 1.82) is 0 Å². The van der Waals surface area contributed by atoms with E-state index in [9.17, 15) is 14.4 Å². The molecular formula is C35H33N3O5. The van der Waals surface area contributed by atoms with Gasteiger partial charge >= 0.3 is 0 Å². The smallest absolute Gasteiger partial charge is 0.289 e. The summed E-state index contributed by atoms with van der Waals surface area (Å²) < 4.78 is 8.56. The Kier molecular flexibility index (Phi) is 7.94. The van der Waals surface area contributed by atoms with E-state index < -0.39 is 11.7 Å². The summed E-state index contributed by atoms with van der Waals surface area (Å²) >= 11 is 0. The van der Waals surface area contributed by atoms with E-state index in [2.05, 4.69) is 22.8 Å². The number of likely N-dealkylation sites (N-methyl/N-ethyl adjacent to an activating group) is 1. The van der Waals surface area contributed by atoms with Crippen LogP contribution in [0, 0.1) is 0 Å². The highest BCUT2D eigenvalue weighted by molar-refractivity contribution is 6.45. The number of amides is 2. The van der Waals surface area contributed by atoms with E-state index in [1.54, 1.807) is 19.2 Å². The van der Waals surface area contributed by atoms with Gasteiger partial charge in [0.05, 0.1) is 16.4 Å². The normalized spacial score (nSPS) is 12.7. The number of ketones is 1. The zero-order valence-corrected chi connectivity index (χ0v) is 24.0. The van der Waals surface area contributed by atoms with Crippen molar-refractivity contribution < 1.29 is 24.0 Å². The second-order valence-electron chi connectivity index (χ2n) is 10.8. The van der Waals surface area contributed by atoms with Gasteiger partial charge in [-0.15, -0.1) is 0 Å². The molecule has 4 aromatic carbocycles. The number of rotatable bonds is 10. The van der Waals surface area contributed by atoms with Crippen LogP contribution in [-0.4, -0.2) is 40.9 Å². The van der Waals surface area contributed by atoms with E-state index in [4.69, 9.17) is 15.3 Å². The third-order valence-corrected chi connectivity index (χ3v) is 8.06. The molecule has 6 rings (SSSR count). The van der Waals surface area contributed by atoms with E-state index in [1.807, 2.05) is 54.6 Å². The van der Waals surface area contributed by atoms with Crippen LogP contribution in [0.4, 0.5) is 0 Å². The number of aryl methyl sites for hydroxylation is 1. The Morgan fingerprint density at radius 2 is 1.53 bits per heavy atom. The van der Waals surface area contributed by atoms with Crippen LogP contribution >= 0.6 is 0 Å². The molecule has 1 aliphatic carbocycles. The molecule has 0 atom stereocenters. The fraction of sp³-hybridized carbons (Fsp3) is 0.229. The van der Waals surface area contributed by atoms with Crippen LogP contribution in [0.3, 0.4) is 0 Å². The van der Waals surface area contributed by atoms with Crippen LogP contribution in [0.2, 0.25) is 0 Å². The Bertz CT molecular complexity index is 1830. The second-order valence-corrected chi connectivity index (χ2v) is 10.8. The molecule has 1 aromatic heterocycles. The van der Waals surface area contributed by atoms with Gasteiger partial charge in [0.15, 0.2) is 6.61 Å². The number of primary amides is 1. The summed E-state index contributed by atoms with van der Waals surface area (Å²) in [5.41, 5.74) is 11.6. The Morgan fingerprint density at radius 1 is 0.837 bits per heavy atom. The van der Waals surface area contributed by atoms with E-state index in [-0.39, 0.29) is 24.7 Å². The Morgan fingerprint density at radius 3 is 2.26 bits per heavy atom. The van der Waals surface area contributed by atoms with Crippen LogP contribution in [-0.2, 0) is 40.4 Å². The first-order chi connectivity index (χ1) is 20.9. The molecule has 0 fully saturated rings. The standard InChI is InChI=1S/C35H33N3O5/c1-37(43-21-24-13-6-3-7-14-24)30(39)22-42-34-26-16-9-8-15-25(26)19-29-32(34)31-27(33(40)35(36)41)17-10-18-28(31)38(29)20-23-11-4-2-5-12-23/h2-7,10-14,17-19H,8-9,15-16,20-22H2,1H3,(H2,36,41). The first-order valence-electron chi connectivity index (χ1n) is 14.5. The number of ether oxygens (including phenoxy) is 1. The van der Waals surface area contributed by atoms with Crippen LogP contribution in [0.15, 0.2) is 84.9 Å². The van der Waals surface area contributed by atoms with Gasteiger partial charge in [-0.05, 0) is 60.1 Å². The number of fused-ring (bicyclic) bond motifs is 4. The molecule has 0 saturated heterocycles. The molecule has 8 nitrogen and oxygen atoms in total. The van der Waals surface area contributed by atoms with Gasteiger partial charge in [-0.3, -0.25) is 19.2 Å². The predicted molar refractivity (Wildman–Crippen MR) is 165 cm³/mol.